The summed E-state index contributed by atoms with van der Waals surface area (Å²) in [6.07, 6.45) is 7.19. The zero-order valence-corrected chi connectivity index (χ0v) is 12.4. The first-order valence-corrected chi connectivity index (χ1v) is 7.54. The normalized spacial score (nSPS) is 18.0. The summed E-state index contributed by atoms with van der Waals surface area (Å²) in [6.45, 7) is 1.56. The predicted molar refractivity (Wildman–Crippen MR) is 82.5 cm³/mol. The topological polar surface area (TPSA) is 55.3 Å². The third-order valence-corrected chi connectivity index (χ3v) is 3.88. The van der Waals surface area contributed by atoms with Crippen LogP contribution in [-0.4, -0.2) is 40.5 Å². The van der Waals surface area contributed by atoms with Gasteiger partial charge in [0.25, 0.3) is 5.91 Å². The third kappa shape index (κ3) is 3.61. The van der Waals surface area contributed by atoms with Gasteiger partial charge in [0, 0.05) is 37.6 Å². The minimum absolute atomic E-state index is 0.0254. The van der Waals surface area contributed by atoms with Crippen molar-refractivity contribution in [1.29, 1.82) is 0 Å². The molecule has 0 aliphatic carbocycles. The number of ether oxygens (including phenoxy) is 1. The van der Waals surface area contributed by atoms with Crippen molar-refractivity contribution in [3.63, 3.8) is 0 Å². The highest BCUT2D eigenvalue weighted by Crippen LogP contribution is 2.25. The lowest BCUT2D eigenvalue weighted by atomic mass is 9.95. The molecule has 0 unspecified atom stereocenters. The van der Waals surface area contributed by atoms with Gasteiger partial charge >= 0.3 is 0 Å². The van der Waals surface area contributed by atoms with E-state index in [1.807, 2.05) is 35.2 Å². The van der Waals surface area contributed by atoms with Crippen LogP contribution in [0.1, 0.15) is 24.5 Å². The standard InChI is InChI=1S/C17H19N3O2/c21-17(13-22-15-6-2-1-3-7-15)20-10-4-5-14(12-20)16-11-18-8-9-19-16/h1-3,6-9,11,14H,4-5,10,12-13H2/t14-/m0/s1. The predicted octanol–water partition coefficient (Wildman–Crippen LogP) is 2.26. The van der Waals surface area contributed by atoms with Crippen molar-refractivity contribution in [2.24, 2.45) is 0 Å². The van der Waals surface area contributed by atoms with Gasteiger partial charge in [0.05, 0.1) is 5.69 Å². The monoisotopic (exact) mass is 297 g/mol. The zero-order valence-electron chi connectivity index (χ0n) is 12.4. The van der Waals surface area contributed by atoms with Crippen LogP contribution in [0.25, 0.3) is 0 Å². The van der Waals surface area contributed by atoms with Gasteiger partial charge in [-0.3, -0.25) is 14.8 Å². The molecule has 0 bridgehead atoms. The summed E-state index contributed by atoms with van der Waals surface area (Å²) >= 11 is 0. The summed E-state index contributed by atoms with van der Waals surface area (Å²) in [5.74, 6) is 1.01. The van der Waals surface area contributed by atoms with E-state index in [0.717, 1.165) is 30.8 Å². The molecule has 5 heteroatoms. The Hall–Kier alpha value is -2.43. The molecular weight excluding hydrogens is 278 g/mol. The molecule has 114 valence electrons. The van der Waals surface area contributed by atoms with Gasteiger partial charge in [-0.2, -0.15) is 0 Å². The summed E-state index contributed by atoms with van der Waals surface area (Å²) in [6, 6.07) is 9.41. The Bertz CT molecular complexity index is 604. The van der Waals surface area contributed by atoms with Crippen molar-refractivity contribution in [1.82, 2.24) is 14.9 Å². The Kier molecular flexibility index (Phi) is 4.63. The van der Waals surface area contributed by atoms with Crippen LogP contribution < -0.4 is 4.74 Å². The van der Waals surface area contributed by atoms with Crippen molar-refractivity contribution in [2.45, 2.75) is 18.8 Å². The molecule has 1 atom stereocenters. The van der Waals surface area contributed by atoms with Gasteiger partial charge in [-0.1, -0.05) is 18.2 Å². The van der Waals surface area contributed by atoms with Gasteiger partial charge < -0.3 is 9.64 Å². The van der Waals surface area contributed by atoms with Crippen LogP contribution in [0, 0.1) is 0 Å². The largest absolute Gasteiger partial charge is 0.484 e. The number of hydrogen-bond acceptors (Lipinski definition) is 4. The molecule has 0 saturated carbocycles. The molecule has 3 rings (SSSR count). The maximum absolute atomic E-state index is 12.3. The first-order chi connectivity index (χ1) is 10.8. The number of piperidine rings is 1. The number of aromatic nitrogens is 2. The molecule has 1 fully saturated rings. The van der Waals surface area contributed by atoms with E-state index in [2.05, 4.69) is 9.97 Å². The van der Waals surface area contributed by atoms with Crippen LogP contribution in [0.2, 0.25) is 0 Å². The molecule has 1 amide bonds. The number of para-hydroxylation sites is 1. The lowest BCUT2D eigenvalue weighted by Crippen LogP contribution is -2.41. The van der Waals surface area contributed by atoms with Crippen molar-refractivity contribution in [3.05, 3.63) is 54.6 Å². The van der Waals surface area contributed by atoms with Gasteiger partial charge in [-0.15, -0.1) is 0 Å². The second kappa shape index (κ2) is 7.02. The van der Waals surface area contributed by atoms with E-state index in [1.54, 1.807) is 18.6 Å². The summed E-state index contributed by atoms with van der Waals surface area (Å²) in [5, 5.41) is 0. The lowest BCUT2D eigenvalue weighted by Gasteiger charge is -2.32. The zero-order chi connectivity index (χ0) is 15.2. The van der Waals surface area contributed by atoms with E-state index in [1.165, 1.54) is 0 Å². The molecule has 1 aliphatic rings. The number of amides is 1. The van der Waals surface area contributed by atoms with Crippen LogP contribution in [0.4, 0.5) is 0 Å². The van der Waals surface area contributed by atoms with Crippen LogP contribution in [-0.2, 0) is 4.79 Å². The summed E-state index contributed by atoms with van der Waals surface area (Å²) in [4.78, 5) is 22.7. The minimum Gasteiger partial charge on any atom is -0.484 e. The fourth-order valence-electron chi connectivity index (χ4n) is 2.72. The molecule has 2 aromatic rings. The number of benzene rings is 1. The minimum atomic E-state index is 0.0254. The molecule has 0 N–H and O–H groups in total. The molecular formula is C17H19N3O2. The first kappa shape index (κ1) is 14.5. The molecule has 1 saturated heterocycles. The SMILES string of the molecule is O=C(COc1ccccc1)N1CCC[C@H](c2cnccn2)C1. The summed E-state index contributed by atoms with van der Waals surface area (Å²) in [5.41, 5.74) is 0.962. The van der Waals surface area contributed by atoms with E-state index in [0.29, 0.717) is 6.54 Å². The van der Waals surface area contributed by atoms with Crippen molar-refractivity contribution < 1.29 is 9.53 Å². The smallest absolute Gasteiger partial charge is 0.260 e. The maximum Gasteiger partial charge on any atom is 0.260 e. The van der Waals surface area contributed by atoms with E-state index in [-0.39, 0.29) is 18.4 Å². The van der Waals surface area contributed by atoms with Crippen molar-refractivity contribution >= 4 is 5.91 Å². The fourth-order valence-corrected chi connectivity index (χ4v) is 2.72. The van der Waals surface area contributed by atoms with Crippen LogP contribution in [0.15, 0.2) is 48.9 Å². The molecule has 2 heterocycles. The van der Waals surface area contributed by atoms with Gasteiger partial charge in [-0.25, -0.2) is 0 Å². The number of nitrogens with zero attached hydrogens (tertiary/aromatic N) is 3. The van der Waals surface area contributed by atoms with Crippen molar-refractivity contribution in [3.8, 4) is 5.75 Å². The van der Waals surface area contributed by atoms with E-state index >= 15 is 0 Å². The van der Waals surface area contributed by atoms with E-state index in [4.69, 9.17) is 4.74 Å². The highest BCUT2D eigenvalue weighted by Gasteiger charge is 2.25. The molecule has 1 aromatic carbocycles. The highest BCUT2D eigenvalue weighted by molar-refractivity contribution is 5.78. The average Bonchev–Trinajstić information content (AvgIpc) is 2.61. The van der Waals surface area contributed by atoms with Crippen LogP contribution >= 0.6 is 0 Å². The van der Waals surface area contributed by atoms with Gasteiger partial charge in [0.2, 0.25) is 0 Å². The highest BCUT2D eigenvalue weighted by atomic mass is 16.5. The summed E-state index contributed by atoms with van der Waals surface area (Å²) < 4.78 is 5.54. The molecule has 1 aliphatic heterocycles. The van der Waals surface area contributed by atoms with Gasteiger partial charge in [0.1, 0.15) is 5.75 Å². The average molecular weight is 297 g/mol. The van der Waals surface area contributed by atoms with E-state index in [9.17, 15) is 4.79 Å². The second-order valence-electron chi connectivity index (χ2n) is 5.41. The number of hydrogen-bond donors (Lipinski definition) is 0. The van der Waals surface area contributed by atoms with Crippen LogP contribution in [0.5, 0.6) is 5.75 Å². The number of carbonyl (C=O) groups excluding carboxylic acids is 1. The maximum atomic E-state index is 12.3. The van der Waals surface area contributed by atoms with Gasteiger partial charge in [-0.05, 0) is 25.0 Å². The Labute approximate surface area is 130 Å². The Morgan fingerprint density at radius 3 is 2.91 bits per heavy atom. The number of rotatable bonds is 4. The van der Waals surface area contributed by atoms with E-state index < -0.39 is 0 Å². The Morgan fingerprint density at radius 2 is 2.14 bits per heavy atom. The van der Waals surface area contributed by atoms with Crippen LogP contribution in [0.3, 0.4) is 0 Å². The third-order valence-electron chi connectivity index (χ3n) is 3.88. The molecule has 1 aromatic heterocycles. The molecule has 5 nitrogen and oxygen atoms in total. The van der Waals surface area contributed by atoms with Gasteiger partial charge in [0.15, 0.2) is 6.61 Å². The molecule has 0 spiro atoms. The Morgan fingerprint density at radius 1 is 1.27 bits per heavy atom. The first-order valence-electron chi connectivity index (χ1n) is 7.54. The quantitative estimate of drug-likeness (QED) is 0.868. The molecule has 0 radical (unpaired) electrons. The number of likely N-dealkylation sites (tertiary alicyclic amines) is 1. The van der Waals surface area contributed by atoms with Crippen molar-refractivity contribution in [2.75, 3.05) is 19.7 Å². The molecule has 22 heavy (non-hydrogen) atoms. The summed E-state index contributed by atoms with van der Waals surface area (Å²) in [7, 11) is 0. The Balaban J connectivity index is 1.56. The number of carbonyl (C=O) groups is 1. The second-order valence-corrected chi connectivity index (χ2v) is 5.41. The lowest BCUT2D eigenvalue weighted by molar-refractivity contribution is -0.134. The fraction of sp³-hybridized carbons (Fsp3) is 0.353.